The van der Waals surface area contributed by atoms with E-state index in [2.05, 4.69) is 0 Å². The first-order valence-corrected chi connectivity index (χ1v) is 5.65. The zero-order valence-electron chi connectivity index (χ0n) is 10.2. The van der Waals surface area contributed by atoms with E-state index in [4.69, 9.17) is 0 Å². The van der Waals surface area contributed by atoms with Crippen molar-refractivity contribution in [2.75, 3.05) is 0 Å². The van der Waals surface area contributed by atoms with E-state index >= 15 is 0 Å². The second-order valence-electron chi connectivity index (χ2n) is 4.47. The van der Waals surface area contributed by atoms with Gasteiger partial charge in [-0.3, -0.25) is 0 Å². The largest absolute Gasteiger partial charge is 0.403 e. The monoisotopic (exact) mass is 264 g/mol. The van der Waals surface area contributed by atoms with Gasteiger partial charge in [-0.1, -0.05) is 26.7 Å². The minimum atomic E-state index is -5.26. The summed E-state index contributed by atoms with van der Waals surface area (Å²) in [5.41, 5.74) is -3.61. The van der Waals surface area contributed by atoms with E-state index in [1.165, 1.54) is 0 Å². The molecule has 104 valence electrons. The van der Waals surface area contributed by atoms with Gasteiger partial charge in [0.2, 0.25) is 0 Å². The van der Waals surface area contributed by atoms with E-state index in [0.717, 1.165) is 0 Å². The number of hydrogen-bond donors (Lipinski definition) is 0. The summed E-state index contributed by atoms with van der Waals surface area (Å²) in [5.74, 6) is -1.41. The van der Waals surface area contributed by atoms with Crippen LogP contribution in [0.15, 0.2) is 0 Å². The van der Waals surface area contributed by atoms with Crippen LogP contribution in [-0.4, -0.2) is 12.4 Å². The minimum absolute atomic E-state index is 0.0661. The summed E-state index contributed by atoms with van der Waals surface area (Å²) in [7, 11) is 0. The number of rotatable bonds is 5. The molecule has 0 heterocycles. The molecule has 0 aromatic carbocycles. The van der Waals surface area contributed by atoms with Crippen molar-refractivity contribution >= 4 is 0 Å². The molecule has 0 nitrogen and oxygen atoms in total. The van der Waals surface area contributed by atoms with Gasteiger partial charge in [-0.15, -0.1) is 0 Å². The van der Waals surface area contributed by atoms with Crippen LogP contribution in [-0.2, 0) is 0 Å². The van der Waals surface area contributed by atoms with Crippen LogP contribution >= 0.6 is 0 Å². The van der Waals surface area contributed by atoms with E-state index in [1.54, 1.807) is 13.8 Å². The van der Waals surface area contributed by atoms with Gasteiger partial charge in [0.15, 0.2) is 5.41 Å². The molecule has 0 saturated carbocycles. The molecule has 0 spiro atoms. The zero-order valence-corrected chi connectivity index (χ0v) is 10.2. The second-order valence-corrected chi connectivity index (χ2v) is 4.47. The first-order valence-electron chi connectivity index (χ1n) is 5.65. The lowest BCUT2D eigenvalue weighted by molar-refractivity contribution is -0.353. The summed E-state index contributed by atoms with van der Waals surface area (Å²) in [5, 5.41) is 0. The number of alkyl halides is 6. The van der Waals surface area contributed by atoms with Gasteiger partial charge in [-0.25, -0.2) is 0 Å². The highest BCUT2D eigenvalue weighted by molar-refractivity contribution is 4.94. The third kappa shape index (κ3) is 3.28. The van der Waals surface area contributed by atoms with Gasteiger partial charge < -0.3 is 0 Å². The first-order chi connectivity index (χ1) is 7.52. The summed E-state index contributed by atoms with van der Waals surface area (Å²) < 4.78 is 76.7. The summed E-state index contributed by atoms with van der Waals surface area (Å²) in [6, 6.07) is 0. The van der Waals surface area contributed by atoms with E-state index in [0.29, 0.717) is 12.8 Å². The summed E-state index contributed by atoms with van der Waals surface area (Å²) in [4.78, 5) is 0. The average Bonchev–Trinajstić information content (AvgIpc) is 2.12. The smallest absolute Gasteiger partial charge is 0.170 e. The molecule has 0 aliphatic rings. The van der Waals surface area contributed by atoms with E-state index < -0.39 is 23.7 Å². The van der Waals surface area contributed by atoms with Gasteiger partial charge in [0.1, 0.15) is 0 Å². The van der Waals surface area contributed by atoms with Crippen LogP contribution in [0.2, 0.25) is 0 Å². The Balaban J connectivity index is 5.42. The molecule has 0 saturated heterocycles. The van der Waals surface area contributed by atoms with Crippen LogP contribution in [0.25, 0.3) is 0 Å². The predicted octanol–water partition coefficient (Wildman–Crippen LogP) is 5.33. The normalized spacial score (nSPS) is 14.5. The average molecular weight is 264 g/mol. The molecule has 0 fully saturated rings. The van der Waals surface area contributed by atoms with Crippen molar-refractivity contribution in [1.82, 2.24) is 0 Å². The van der Waals surface area contributed by atoms with Crippen LogP contribution in [0, 0.1) is 11.3 Å². The van der Waals surface area contributed by atoms with Gasteiger partial charge in [0, 0.05) is 0 Å². The van der Waals surface area contributed by atoms with Crippen LogP contribution in [0.5, 0.6) is 0 Å². The molecule has 6 heteroatoms. The lowest BCUT2D eigenvalue weighted by Crippen LogP contribution is -2.52. The van der Waals surface area contributed by atoms with Crippen molar-refractivity contribution in [3.8, 4) is 0 Å². The Morgan fingerprint density at radius 3 is 1.24 bits per heavy atom. The lowest BCUT2D eigenvalue weighted by Gasteiger charge is -2.40. The van der Waals surface area contributed by atoms with Gasteiger partial charge >= 0.3 is 12.4 Å². The highest BCUT2D eigenvalue weighted by Gasteiger charge is 2.70. The fraction of sp³-hybridized carbons (Fsp3) is 1.00. The van der Waals surface area contributed by atoms with Crippen molar-refractivity contribution in [3.63, 3.8) is 0 Å². The third-order valence-corrected chi connectivity index (χ3v) is 3.27. The predicted molar refractivity (Wildman–Crippen MR) is 53.5 cm³/mol. The molecule has 0 aliphatic carbocycles. The first kappa shape index (κ1) is 16.6. The van der Waals surface area contributed by atoms with Crippen molar-refractivity contribution in [2.45, 2.75) is 58.8 Å². The van der Waals surface area contributed by atoms with Gasteiger partial charge in [0.25, 0.3) is 0 Å². The maximum Gasteiger partial charge on any atom is 0.403 e. The molecule has 0 aromatic heterocycles. The Morgan fingerprint density at radius 2 is 1.06 bits per heavy atom. The van der Waals surface area contributed by atoms with Crippen LogP contribution in [0.1, 0.15) is 46.5 Å². The number of hydrogen-bond acceptors (Lipinski definition) is 0. The molecular weight excluding hydrogens is 246 g/mol. The lowest BCUT2D eigenvalue weighted by atomic mass is 9.71. The molecule has 0 radical (unpaired) electrons. The summed E-state index contributed by atoms with van der Waals surface area (Å²) >= 11 is 0. The molecule has 0 N–H and O–H groups in total. The molecule has 0 rings (SSSR count). The Hall–Kier alpha value is -0.420. The molecule has 0 aromatic rings. The molecule has 0 bridgehead atoms. The van der Waals surface area contributed by atoms with E-state index in [1.807, 2.05) is 0 Å². The van der Waals surface area contributed by atoms with Crippen molar-refractivity contribution in [1.29, 1.82) is 0 Å². The minimum Gasteiger partial charge on any atom is -0.170 e. The van der Waals surface area contributed by atoms with Crippen LogP contribution in [0.4, 0.5) is 26.3 Å². The van der Waals surface area contributed by atoms with E-state index in [-0.39, 0.29) is 19.8 Å². The van der Waals surface area contributed by atoms with Gasteiger partial charge in [-0.2, -0.15) is 26.3 Å². The maximum atomic E-state index is 12.8. The van der Waals surface area contributed by atoms with Crippen molar-refractivity contribution < 1.29 is 26.3 Å². The zero-order chi connectivity index (χ0) is 13.9. The number of halogens is 6. The van der Waals surface area contributed by atoms with Crippen LogP contribution < -0.4 is 0 Å². The molecule has 0 aliphatic heterocycles. The summed E-state index contributed by atoms with van der Waals surface area (Å²) in [6.45, 7) is 3.47. The molecule has 0 amide bonds. The van der Waals surface area contributed by atoms with Crippen LogP contribution in [0.3, 0.4) is 0 Å². The third-order valence-electron chi connectivity index (χ3n) is 3.27. The van der Waals surface area contributed by atoms with Crippen molar-refractivity contribution in [2.24, 2.45) is 11.3 Å². The SMILES string of the molecule is CCCC(CCC)C(C)(C(F)(F)F)C(F)(F)F. The standard InChI is InChI=1S/C11H18F6/c1-4-6-8(7-5-2)9(3,10(12,13)14)11(15,16)17/h8H,4-7H2,1-3H3. The van der Waals surface area contributed by atoms with Crippen molar-refractivity contribution in [3.05, 3.63) is 0 Å². The highest BCUT2D eigenvalue weighted by Crippen LogP contribution is 2.56. The molecule has 0 unspecified atom stereocenters. The molecular formula is C11H18F6. The Kier molecular flexibility index (Phi) is 5.35. The Bertz CT molecular complexity index is 207. The topological polar surface area (TPSA) is 0 Å². The van der Waals surface area contributed by atoms with E-state index in [9.17, 15) is 26.3 Å². The maximum absolute atomic E-state index is 12.8. The Morgan fingerprint density at radius 1 is 0.765 bits per heavy atom. The fourth-order valence-corrected chi connectivity index (χ4v) is 2.04. The highest BCUT2D eigenvalue weighted by atomic mass is 19.4. The fourth-order valence-electron chi connectivity index (χ4n) is 2.04. The quantitative estimate of drug-likeness (QED) is 0.588. The Labute approximate surface area is 97.4 Å². The van der Waals surface area contributed by atoms with Gasteiger partial charge in [0.05, 0.1) is 0 Å². The summed E-state index contributed by atoms with van der Waals surface area (Å²) in [6.07, 6.45) is -10.0. The van der Waals surface area contributed by atoms with Gasteiger partial charge in [-0.05, 0) is 25.7 Å². The second kappa shape index (κ2) is 5.48. The molecule has 17 heavy (non-hydrogen) atoms. The molecule has 0 atom stereocenters.